The lowest BCUT2D eigenvalue weighted by atomic mass is 10.3. The molecule has 0 fully saturated rings. The molecule has 0 bridgehead atoms. The summed E-state index contributed by atoms with van der Waals surface area (Å²) in [6.45, 7) is -0.447. The lowest BCUT2D eigenvalue weighted by Gasteiger charge is -2.09. The molecule has 0 radical (unpaired) electrons. The number of carbonyl (C=O) groups is 2. The van der Waals surface area contributed by atoms with Crippen LogP contribution >= 0.6 is 57.5 Å². The zero-order valence-electron chi connectivity index (χ0n) is 13.5. The first-order chi connectivity index (χ1) is 12.9. The Hall–Kier alpha value is -1.64. The Morgan fingerprint density at radius 1 is 1.11 bits per heavy atom. The van der Waals surface area contributed by atoms with Crippen molar-refractivity contribution in [1.29, 1.82) is 0 Å². The SMILES string of the molecule is O=C(COC(=O)Cc1csc(-c2ccsc2)n1)Nc1cc(Cl)c(Cl)cc1Cl. The van der Waals surface area contributed by atoms with Crippen LogP contribution in [0.5, 0.6) is 0 Å². The van der Waals surface area contributed by atoms with E-state index in [1.165, 1.54) is 23.5 Å². The van der Waals surface area contributed by atoms with Gasteiger partial charge in [0.25, 0.3) is 5.91 Å². The predicted molar refractivity (Wildman–Crippen MR) is 110 cm³/mol. The van der Waals surface area contributed by atoms with E-state index in [1.807, 2.05) is 16.8 Å². The summed E-state index contributed by atoms with van der Waals surface area (Å²) in [5.41, 5.74) is 1.90. The standard InChI is InChI=1S/C17H11Cl3N2O3S2/c18-11-4-13(20)14(5-12(11)19)22-15(23)6-25-16(24)3-10-8-27-17(21-10)9-1-2-26-7-9/h1-2,4-5,7-8H,3,6H2,(H,22,23). The van der Waals surface area contributed by atoms with Crippen LogP contribution in [0.2, 0.25) is 15.1 Å². The number of nitrogens with zero attached hydrogens (tertiary/aromatic N) is 1. The number of carbonyl (C=O) groups excluding carboxylic acids is 2. The number of aromatic nitrogens is 1. The first kappa shape index (κ1) is 20.1. The Bertz CT molecular complexity index is 974. The van der Waals surface area contributed by atoms with E-state index >= 15 is 0 Å². The first-order valence-electron chi connectivity index (χ1n) is 7.49. The average Bonchev–Trinajstić information content (AvgIpc) is 3.29. The van der Waals surface area contributed by atoms with Crippen LogP contribution in [-0.2, 0) is 20.7 Å². The number of amides is 1. The smallest absolute Gasteiger partial charge is 0.312 e. The molecule has 0 spiro atoms. The van der Waals surface area contributed by atoms with Gasteiger partial charge in [-0.05, 0) is 23.6 Å². The maximum atomic E-state index is 11.9. The summed E-state index contributed by atoms with van der Waals surface area (Å²) in [5.74, 6) is -1.09. The highest BCUT2D eigenvalue weighted by Crippen LogP contribution is 2.32. The Kier molecular flexibility index (Phi) is 6.73. The molecule has 1 amide bonds. The van der Waals surface area contributed by atoms with Gasteiger partial charge in [-0.1, -0.05) is 34.8 Å². The number of anilines is 1. The lowest BCUT2D eigenvalue weighted by molar-refractivity contribution is -0.146. The molecule has 2 aromatic heterocycles. The molecule has 3 rings (SSSR count). The quantitative estimate of drug-likeness (QED) is 0.386. The molecule has 2 heterocycles. The minimum atomic E-state index is -0.549. The van der Waals surface area contributed by atoms with Gasteiger partial charge < -0.3 is 10.1 Å². The second-order valence-electron chi connectivity index (χ2n) is 5.29. The number of esters is 1. The van der Waals surface area contributed by atoms with E-state index in [2.05, 4.69) is 10.3 Å². The van der Waals surface area contributed by atoms with E-state index in [1.54, 1.807) is 16.7 Å². The molecule has 27 heavy (non-hydrogen) atoms. The van der Waals surface area contributed by atoms with Crippen LogP contribution in [0, 0.1) is 0 Å². The molecule has 0 aliphatic carbocycles. The van der Waals surface area contributed by atoms with E-state index in [-0.39, 0.29) is 27.2 Å². The molecule has 3 aromatic rings. The molecule has 0 aliphatic heterocycles. The average molecular weight is 462 g/mol. The third kappa shape index (κ3) is 5.43. The van der Waals surface area contributed by atoms with Gasteiger partial charge in [-0.25, -0.2) is 4.98 Å². The number of thiazole rings is 1. The number of hydrogen-bond donors (Lipinski definition) is 1. The fourth-order valence-electron chi connectivity index (χ4n) is 2.06. The molecule has 0 unspecified atom stereocenters. The molecule has 140 valence electrons. The minimum absolute atomic E-state index is 0.0125. The van der Waals surface area contributed by atoms with Gasteiger partial charge >= 0.3 is 5.97 Å². The van der Waals surface area contributed by atoms with Gasteiger partial charge in [0.15, 0.2) is 6.61 Å². The normalized spacial score (nSPS) is 10.6. The molecule has 1 aromatic carbocycles. The highest BCUT2D eigenvalue weighted by molar-refractivity contribution is 7.14. The number of ether oxygens (including phenoxy) is 1. The number of benzene rings is 1. The summed E-state index contributed by atoms with van der Waals surface area (Å²) in [6.07, 6.45) is -0.0125. The van der Waals surface area contributed by atoms with Gasteiger partial charge in [-0.15, -0.1) is 11.3 Å². The van der Waals surface area contributed by atoms with E-state index in [0.29, 0.717) is 5.69 Å². The van der Waals surface area contributed by atoms with Crippen molar-refractivity contribution in [3.63, 3.8) is 0 Å². The fraction of sp³-hybridized carbons (Fsp3) is 0.118. The molecule has 0 aliphatic rings. The van der Waals surface area contributed by atoms with Gasteiger partial charge in [0.1, 0.15) is 5.01 Å². The summed E-state index contributed by atoms with van der Waals surface area (Å²) in [5, 5.41) is 9.85. The van der Waals surface area contributed by atoms with Gasteiger partial charge in [-0.2, -0.15) is 11.3 Å². The van der Waals surface area contributed by atoms with E-state index in [0.717, 1.165) is 10.6 Å². The van der Waals surface area contributed by atoms with Crippen LogP contribution in [0.3, 0.4) is 0 Å². The summed E-state index contributed by atoms with van der Waals surface area (Å²) in [7, 11) is 0. The van der Waals surface area contributed by atoms with Crippen LogP contribution < -0.4 is 5.32 Å². The van der Waals surface area contributed by atoms with E-state index in [4.69, 9.17) is 39.5 Å². The van der Waals surface area contributed by atoms with Crippen molar-refractivity contribution < 1.29 is 14.3 Å². The van der Waals surface area contributed by atoms with E-state index in [9.17, 15) is 9.59 Å². The highest BCUT2D eigenvalue weighted by atomic mass is 35.5. The second kappa shape index (κ2) is 9.03. The fourth-order valence-corrected chi connectivity index (χ4v) is 4.18. The Morgan fingerprint density at radius 2 is 1.89 bits per heavy atom. The molecular weight excluding hydrogens is 451 g/mol. The van der Waals surface area contributed by atoms with Gasteiger partial charge in [0, 0.05) is 16.3 Å². The Morgan fingerprint density at radius 3 is 2.63 bits per heavy atom. The van der Waals surface area contributed by atoms with Crippen molar-refractivity contribution in [2.75, 3.05) is 11.9 Å². The van der Waals surface area contributed by atoms with Crippen molar-refractivity contribution in [2.24, 2.45) is 0 Å². The van der Waals surface area contributed by atoms with Crippen LogP contribution in [0.25, 0.3) is 10.6 Å². The van der Waals surface area contributed by atoms with Crippen molar-refractivity contribution in [3.8, 4) is 10.6 Å². The van der Waals surface area contributed by atoms with Crippen LogP contribution in [0.1, 0.15) is 5.69 Å². The Labute approximate surface area is 177 Å². The summed E-state index contributed by atoms with van der Waals surface area (Å²) < 4.78 is 4.99. The monoisotopic (exact) mass is 460 g/mol. The highest BCUT2D eigenvalue weighted by Gasteiger charge is 2.14. The molecule has 0 saturated carbocycles. The van der Waals surface area contributed by atoms with E-state index < -0.39 is 18.5 Å². The number of rotatable bonds is 6. The minimum Gasteiger partial charge on any atom is -0.455 e. The zero-order chi connectivity index (χ0) is 19.4. The maximum absolute atomic E-state index is 11.9. The lowest BCUT2D eigenvalue weighted by Crippen LogP contribution is -2.21. The zero-order valence-corrected chi connectivity index (χ0v) is 17.4. The molecule has 5 nitrogen and oxygen atoms in total. The second-order valence-corrected chi connectivity index (χ2v) is 8.15. The summed E-state index contributed by atoms with van der Waals surface area (Å²) in [4.78, 5) is 28.3. The van der Waals surface area contributed by atoms with Crippen molar-refractivity contribution in [3.05, 3.63) is 55.1 Å². The number of nitrogens with one attached hydrogen (secondary N) is 1. The van der Waals surface area contributed by atoms with Gasteiger partial charge in [-0.3, -0.25) is 9.59 Å². The largest absolute Gasteiger partial charge is 0.455 e. The third-order valence-electron chi connectivity index (χ3n) is 3.29. The third-order valence-corrected chi connectivity index (χ3v) is 5.95. The number of halogens is 3. The molecule has 10 heteroatoms. The van der Waals surface area contributed by atoms with Gasteiger partial charge in [0.2, 0.25) is 0 Å². The van der Waals surface area contributed by atoms with Crippen molar-refractivity contribution >= 4 is 75.0 Å². The van der Waals surface area contributed by atoms with Gasteiger partial charge in [0.05, 0.1) is 32.9 Å². The summed E-state index contributed by atoms with van der Waals surface area (Å²) >= 11 is 20.7. The number of thiophene rings is 1. The summed E-state index contributed by atoms with van der Waals surface area (Å²) in [6, 6.07) is 4.80. The van der Waals surface area contributed by atoms with Crippen molar-refractivity contribution in [1.82, 2.24) is 4.98 Å². The Balaban J connectivity index is 1.50. The molecule has 0 atom stereocenters. The molecular formula is C17H11Cl3N2O3S2. The van der Waals surface area contributed by atoms with Crippen LogP contribution in [0.15, 0.2) is 34.3 Å². The molecule has 0 saturated heterocycles. The first-order valence-corrected chi connectivity index (χ1v) is 10.4. The maximum Gasteiger partial charge on any atom is 0.312 e. The predicted octanol–water partition coefficient (Wildman–Crippen LogP) is 5.56. The topological polar surface area (TPSA) is 68.3 Å². The van der Waals surface area contributed by atoms with Crippen LogP contribution in [-0.4, -0.2) is 23.5 Å². The van der Waals surface area contributed by atoms with Crippen molar-refractivity contribution in [2.45, 2.75) is 6.42 Å². The number of hydrogen-bond acceptors (Lipinski definition) is 6. The van der Waals surface area contributed by atoms with Crippen LogP contribution in [0.4, 0.5) is 5.69 Å². The molecule has 1 N–H and O–H groups in total.